The zero-order chi connectivity index (χ0) is 12.3. The minimum absolute atomic E-state index is 0.179. The Kier molecular flexibility index (Phi) is 3.09. The smallest absolute Gasteiger partial charge is 0.273 e. The summed E-state index contributed by atoms with van der Waals surface area (Å²) >= 11 is 0. The maximum atomic E-state index is 11.8. The molecule has 5 nitrogen and oxygen atoms in total. The molecule has 0 bridgehead atoms. The molecule has 17 heavy (non-hydrogen) atoms. The van der Waals surface area contributed by atoms with E-state index >= 15 is 0 Å². The second-order valence-electron chi connectivity index (χ2n) is 3.44. The molecule has 0 saturated heterocycles. The molecule has 1 aromatic carbocycles. The standard InChI is InChI=1S/C12H13N3O2/c1-13-9-7-12(16)15(14-8-9)10-3-5-11(17-2)6-4-10/h3-8,13H,1-2H3. The van der Waals surface area contributed by atoms with Crippen molar-refractivity contribution >= 4 is 5.69 Å². The van der Waals surface area contributed by atoms with E-state index in [9.17, 15) is 4.79 Å². The fourth-order valence-corrected chi connectivity index (χ4v) is 1.46. The van der Waals surface area contributed by atoms with Crippen LogP contribution in [0.2, 0.25) is 0 Å². The average Bonchev–Trinajstić information content (AvgIpc) is 2.39. The van der Waals surface area contributed by atoms with Crippen LogP contribution in [0.25, 0.3) is 5.69 Å². The van der Waals surface area contributed by atoms with E-state index in [2.05, 4.69) is 10.4 Å². The van der Waals surface area contributed by atoms with Crippen molar-refractivity contribution in [3.63, 3.8) is 0 Å². The molecule has 0 unspecified atom stereocenters. The van der Waals surface area contributed by atoms with Gasteiger partial charge in [-0.3, -0.25) is 4.79 Å². The zero-order valence-electron chi connectivity index (χ0n) is 9.68. The normalized spacial score (nSPS) is 10.0. The van der Waals surface area contributed by atoms with E-state index in [1.807, 2.05) is 0 Å². The number of nitrogens with zero attached hydrogens (tertiary/aromatic N) is 2. The Bertz CT molecular complexity index is 561. The van der Waals surface area contributed by atoms with Crippen LogP contribution in [-0.2, 0) is 0 Å². The first-order valence-corrected chi connectivity index (χ1v) is 5.16. The van der Waals surface area contributed by atoms with Crippen molar-refractivity contribution in [3.8, 4) is 11.4 Å². The van der Waals surface area contributed by atoms with E-state index in [1.165, 1.54) is 10.7 Å². The summed E-state index contributed by atoms with van der Waals surface area (Å²) in [5.41, 5.74) is 1.22. The van der Waals surface area contributed by atoms with Crippen molar-refractivity contribution in [2.24, 2.45) is 0 Å². The first-order valence-electron chi connectivity index (χ1n) is 5.16. The molecular formula is C12H13N3O2. The van der Waals surface area contributed by atoms with Gasteiger partial charge in [0.25, 0.3) is 5.56 Å². The van der Waals surface area contributed by atoms with Crippen molar-refractivity contribution in [1.29, 1.82) is 0 Å². The number of anilines is 1. The maximum absolute atomic E-state index is 11.8. The number of ether oxygens (including phenoxy) is 1. The SMILES string of the molecule is CNc1cnn(-c2ccc(OC)cc2)c(=O)c1. The number of hydrogen-bond donors (Lipinski definition) is 1. The Balaban J connectivity index is 2.42. The summed E-state index contributed by atoms with van der Waals surface area (Å²) in [7, 11) is 3.34. The topological polar surface area (TPSA) is 56.1 Å². The Morgan fingerprint density at radius 1 is 1.29 bits per heavy atom. The molecule has 5 heteroatoms. The fraction of sp³-hybridized carbons (Fsp3) is 0.167. The van der Waals surface area contributed by atoms with Gasteiger partial charge in [-0.15, -0.1) is 0 Å². The fourth-order valence-electron chi connectivity index (χ4n) is 1.46. The lowest BCUT2D eigenvalue weighted by atomic mass is 10.3. The van der Waals surface area contributed by atoms with Crippen molar-refractivity contribution in [1.82, 2.24) is 9.78 Å². The quantitative estimate of drug-likeness (QED) is 0.864. The van der Waals surface area contributed by atoms with Crippen molar-refractivity contribution in [2.75, 3.05) is 19.5 Å². The summed E-state index contributed by atoms with van der Waals surface area (Å²) in [5.74, 6) is 0.744. The highest BCUT2D eigenvalue weighted by Crippen LogP contribution is 2.13. The van der Waals surface area contributed by atoms with Gasteiger partial charge < -0.3 is 10.1 Å². The highest BCUT2D eigenvalue weighted by atomic mass is 16.5. The minimum atomic E-state index is -0.179. The van der Waals surface area contributed by atoms with Gasteiger partial charge in [0.2, 0.25) is 0 Å². The molecule has 0 saturated carbocycles. The predicted octanol–water partition coefficient (Wildman–Crippen LogP) is 1.28. The van der Waals surface area contributed by atoms with Crippen LogP contribution in [0.5, 0.6) is 5.75 Å². The summed E-state index contributed by atoms with van der Waals surface area (Å²) in [6.45, 7) is 0. The lowest BCUT2D eigenvalue weighted by Gasteiger charge is -2.06. The second-order valence-corrected chi connectivity index (χ2v) is 3.44. The molecule has 0 radical (unpaired) electrons. The first kappa shape index (κ1) is 11.2. The van der Waals surface area contributed by atoms with Gasteiger partial charge in [0.1, 0.15) is 5.75 Å². The molecule has 1 heterocycles. The molecule has 0 spiro atoms. The Morgan fingerprint density at radius 3 is 2.53 bits per heavy atom. The van der Waals surface area contributed by atoms with Gasteiger partial charge in [0, 0.05) is 13.1 Å². The molecule has 0 aliphatic heterocycles. The summed E-state index contributed by atoms with van der Waals surface area (Å²) in [6, 6.07) is 8.64. The van der Waals surface area contributed by atoms with Crippen LogP contribution in [0, 0.1) is 0 Å². The largest absolute Gasteiger partial charge is 0.497 e. The number of benzene rings is 1. The lowest BCUT2D eigenvalue weighted by molar-refractivity contribution is 0.414. The highest BCUT2D eigenvalue weighted by molar-refractivity contribution is 5.41. The Labute approximate surface area is 98.7 Å². The van der Waals surface area contributed by atoms with Crippen LogP contribution in [0.4, 0.5) is 5.69 Å². The molecule has 2 rings (SSSR count). The van der Waals surface area contributed by atoms with E-state index in [4.69, 9.17) is 4.74 Å². The Morgan fingerprint density at radius 2 is 2.00 bits per heavy atom. The molecule has 88 valence electrons. The molecule has 1 N–H and O–H groups in total. The maximum Gasteiger partial charge on any atom is 0.273 e. The molecule has 0 atom stereocenters. The Hall–Kier alpha value is -2.30. The number of rotatable bonds is 3. The lowest BCUT2D eigenvalue weighted by Crippen LogP contribution is -2.20. The third-order valence-electron chi connectivity index (χ3n) is 2.41. The number of methoxy groups -OCH3 is 1. The molecule has 1 aromatic heterocycles. The van der Waals surface area contributed by atoms with E-state index < -0.39 is 0 Å². The number of hydrogen-bond acceptors (Lipinski definition) is 4. The van der Waals surface area contributed by atoms with Gasteiger partial charge in [-0.1, -0.05) is 0 Å². The van der Waals surface area contributed by atoms with Gasteiger partial charge in [-0.25, -0.2) is 0 Å². The number of aromatic nitrogens is 2. The summed E-state index contributed by atoms with van der Waals surface area (Å²) < 4.78 is 6.39. The summed E-state index contributed by atoms with van der Waals surface area (Å²) in [4.78, 5) is 11.8. The molecule has 0 aliphatic carbocycles. The van der Waals surface area contributed by atoms with E-state index in [-0.39, 0.29) is 5.56 Å². The van der Waals surface area contributed by atoms with Gasteiger partial charge >= 0.3 is 0 Å². The van der Waals surface area contributed by atoms with Crippen molar-refractivity contribution in [2.45, 2.75) is 0 Å². The van der Waals surface area contributed by atoms with E-state index in [0.717, 1.165) is 5.75 Å². The average molecular weight is 231 g/mol. The molecule has 0 amide bonds. The molecule has 2 aromatic rings. The molecule has 0 fully saturated rings. The van der Waals surface area contributed by atoms with Gasteiger partial charge in [0.15, 0.2) is 0 Å². The second kappa shape index (κ2) is 4.69. The van der Waals surface area contributed by atoms with Crippen LogP contribution in [0.3, 0.4) is 0 Å². The first-order chi connectivity index (χ1) is 8.24. The van der Waals surface area contributed by atoms with Gasteiger partial charge in [-0.05, 0) is 24.3 Å². The highest BCUT2D eigenvalue weighted by Gasteiger charge is 2.02. The zero-order valence-corrected chi connectivity index (χ0v) is 9.68. The monoisotopic (exact) mass is 231 g/mol. The van der Waals surface area contributed by atoms with Crippen LogP contribution in [0.1, 0.15) is 0 Å². The molecule has 0 aliphatic rings. The number of nitrogens with one attached hydrogen (secondary N) is 1. The van der Waals surface area contributed by atoms with Crippen molar-refractivity contribution < 1.29 is 4.74 Å². The summed E-state index contributed by atoms with van der Waals surface area (Å²) in [5, 5.41) is 6.94. The van der Waals surface area contributed by atoms with Crippen LogP contribution >= 0.6 is 0 Å². The van der Waals surface area contributed by atoms with Crippen LogP contribution in [0.15, 0.2) is 41.3 Å². The third kappa shape index (κ3) is 2.28. The minimum Gasteiger partial charge on any atom is -0.497 e. The predicted molar refractivity (Wildman–Crippen MR) is 65.9 cm³/mol. The third-order valence-corrected chi connectivity index (χ3v) is 2.41. The summed E-state index contributed by atoms with van der Waals surface area (Å²) in [6.07, 6.45) is 1.60. The van der Waals surface area contributed by atoms with Crippen LogP contribution in [-0.4, -0.2) is 23.9 Å². The molecular weight excluding hydrogens is 218 g/mol. The van der Waals surface area contributed by atoms with Crippen LogP contribution < -0.4 is 15.6 Å². The van der Waals surface area contributed by atoms with Gasteiger partial charge in [-0.2, -0.15) is 9.78 Å². The van der Waals surface area contributed by atoms with E-state index in [1.54, 1.807) is 44.6 Å². The van der Waals surface area contributed by atoms with E-state index in [0.29, 0.717) is 11.4 Å². The van der Waals surface area contributed by atoms with Crippen molar-refractivity contribution in [3.05, 3.63) is 46.9 Å². The van der Waals surface area contributed by atoms with Gasteiger partial charge in [0.05, 0.1) is 24.7 Å².